The van der Waals surface area contributed by atoms with Gasteiger partial charge < -0.3 is 0 Å². The minimum atomic E-state index is -0.209. The molecule has 88 valence electrons. The average Bonchev–Trinajstić information content (AvgIpc) is 3.04. The van der Waals surface area contributed by atoms with Gasteiger partial charge in [0, 0.05) is 12.3 Å². The van der Waals surface area contributed by atoms with E-state index in [2.05, 4.69) is 0 Å². The number of rotatable bonds is 2. The normalized spacial score (nSPS) is 33.2. The van der Waals surface area contributed by atoms with E-state index in [9.17, 15) is 9.59 Å². The van der Waals surface area contributed by atoms with E-state index < -0.39 is 0 Å². The first-order chi connectivity index (χ1) is 7.70. The molecule has 0 aliphatic heterocycles. The van der Waals surface area contributed by atoms with Crippen molar-refractivity contribution < 1.29 is 9.59 Å². The Hall–Kier alpha value is -0.660. The Kier molecular flexibility index (Phi) is 2.41. The van der Waals surface area contributed by atoms with Crippen LogP contribution in [0.4, 0.5) is 0 Å². The van der Waals surface area contributed by atoms with Crippen molar-refractivity contribution in [3.05, 3.63) is 0 Å². The Morgan fingerprint density at radius 2 is 1.81 bits per heavy atom. The van der Waals surface area contributed by atoms with Crippen molar-refractivity contribution in [1.29, 1.82) is 0 Å². The van der Waals surface area contributed by atoms with E-state index in [1.54, 1.807) is 0 Å². The maximum Gasteiger partial charge on any atom is 0.146 e. The summed E-state index contributed by atoms with van der Waals surface area (Å²) in [6, 6.07) is 0. The summed E-state index contributed by atoms with van der Waals surface area (Å²) in [5, 5.41) is 0. The van der Waals surface area contributed by atoms with Gasteiger partial charge in [-0.1, -0.05) is 12.8 Å². The zero-order valence-corrected chi connectivity index (χ0v) is 9.84. The van der Waals surface area contributed by atoms with E-state index in [1.165, 1.54) is 25.7 Å². The van der Waals surface area contributed by atoms with Crippen LogP contribution in [0.25, 0.3) is 0 Å². The van der Waals surface area contributed by atoms with Gasteiger partial charge in [0.2, 0.25) is 0 Å². The first kappa shape index (κ1) is 10.5. The summed E-state index contributed by atoms with van der Waals surface area (Å²) < 4.78 is 0. The van der Waals surface area contributed by atoms with Crippen LogP contribution in [0, 0.1) is 17.3 Å². The van der Waals surface area contributed by atoms with Gasteiger partial charge in [-0.15, -0.1) is 0 Å². The predicted octanol–water partition coefficient (Wildman–Crippen LogP) is 2.90. The molecular weight excluding hydrogens is 200 g/mol. The smallest absolute Gasteiger partial charge is 0.146 e. The van der Waals surface area contributed by atoms with Crippen LogP contribution in [0.5, 0.6) is 0 Å². The molecule has 0 amide bonds. The maximum absolute atomic E-state index is 12.1. The molecule has 0 radical (unpaired) electrons. The van der Waals surface area contributed by atoms with Crippen LogP contribution in [-0.4, -0.2) is 11.6 Å². The average molecular weight is 220 g/mol. The lowest BCUT2D eigenvalue weighted by Gasteiger charge is -2.36. The number of Topliss-reactive ketones (excluding diaryl/α,β-unsaturated/α-hetero) is 2. The van der Waals surface area contributed by atoms with E-state index in [1.807, 2.05) is 0 Å². The van der Waals surface area contributed by atoms with Crippen LogP contribution in [0.15, 0.2) is 0 Å². The number of hydrogen-bond acceptors (Lipinski definition) is 2. The Morgan fingerprint density at radius 1 is 1.12 bits per heavy atom. The summed E-state index contributed by atoms with van der Waals surface area (Å²) in [4.78, 5) is 24.0. The van der Waals surface area contributed by atoms with Crippen molar-refractivity contribution in [3.8, 4) is 0 Å². The van der Waals surface area contributed by atoms with Gasteiger partial charge in [0.25, 0.3) is 0 Å². The number of hydrogen-bond donors (Lipinski definition) is 0. The minimum absolute atomic E-state index is 0.209. The second-order valence-corrected chi connectivity index (χ2v) is 6.11. The van der Waals surface area contributed by atoms with Crippen LogP contribution < -0.4 is 0 Å². The molecule has 0 heterocycles. The van der Waals surface area contributed by atoms with Crippen LogP contribution in [0.2, 0.25) is 0 Å². The maximum atomic E-state index is 12.1. The molecular formula is C14H20O2. The Balaban J connectivity index is 1.75. The minimum Gasteiger partial charge on any atom is -0.299 e. The molecule has 2 nitrogen and oxygen atoms in total. The zero-order chi connectivity index (χ0) is 11.2. The molecule has 3 aliphatic carbocycles. The van der Waals surface area contributed by atoms with Crippen LogP contribution in [0.1, 0.15) is 57.8 Å². The van der Waals surface area contributed by atoms with Crippen molar-refractivity contribution in [2.45, 2.75) is 57.8 Å². The molecule has 1 atom stereocenters. The lowest BCUT2D eigenvalue weighted by atomic mass is 9.66. The van der Waals surface area contributed by atoms with Crippen LogP contribution in [-0.2, 0) is 9.59 Å². The third-order valence-corrected chi connectivity index (χ3v) is 4.91. The summed E-state index contributed by atoms with van der Waals surface area (Å²) in [5.41, 5.74) is 0.378. The highest BCUT2D eigenvalue weighted by Gasteiger charge is 2.47. The van der Waals surface area contributed by atoms with Crippen molar-refractivity contribution >= 4 is 11.6 Å². The molecule has 0 aromatic rings. The van der Waals surface area contributed by atoms with E-state index in [-0.39, 0.29) is 23.4 Å². The van der Waals surface area contributed by atoms with Crippen molar-refractivity contribution in [1.82, 2.24) is 0 Å². The summed E-state index contributed by atoms with van der Waals surface area (Å²) in [6.07, 6.45) is 9.82. The Morgan fingerprint density at radius 3 is 2.44 bits per heavy atom. The SMILES string of the molecule is O=C1CCC2(CCCC2)CC1C(=O)C1CC1. The molecule has 0 saturated heterocycles. The van der Waals surface area contributed by atoms with E-state index in [0.717, 1.165) is 25.7 Å². The lowest BCUT2D eigenvalue weighted by molar-refractivity contribution is -0.138. The highest BCUT2D eigenvalue weighted by atomic mass is 16.2. The molecule has 2 heteroatoms. The van der Waals surface area contributed by atoms with Gasteiger partial charge in [0.1, 0.15) is 11.6 Å². The Labute approximate surface area is 96.8 Å². The van der Waals surface area contributed by atoms with Crippen molar-refractivity contribution in [2.24, 2.45) is 17.3 Å². The fraction of sp³-hybridized carbons (Fsp3) is 0.857. The van der Waals surface area contributed by atoms with Gasteiger partial charge in [-0.2, -0.15) is 0 Å². The molecule has 1 spiro atoms. The first-order valence-corrected chi connectivity index (χ1v) is 6.77. The van der Waals surface area contributed by atoms with Crippen LogP contribution >= 0.6 is 0 Å². The second-order valence-electron chi connectivity index (χ2n) is 6.11. The number of carbonyl (C=O) groups excluding carboxylic acids is 2. The molecule has 3 saturated carbocycles. The van der Waals surface area contributed by atoms with Crippen molar-refractivity contribution in [2.75, 3.05) is 0 Å². The third kappa shape index (κ3) is 1.72. The molecule has 0 N–H and O–H groups in total. The topological polar surface area (TPSA) is 34.1 Å². The van der Waals surface area contributed by atoms with Gasteiger partial charge in [0.15, 0.2) is 0 Å². The largest absolute Gasteiger partial charge is 0.299 e. The summed E-state index contributed by atoms with van der Waals surface area (Å²) >= 11 is 0. The van der Waals surface area contributed by atoms with Gasteiger partial charge in [-0.25, -0.2) is 0 Å². The fourth-order valence-corrected chi connectivity index (χ4v) is 3.70. The van der Waals surface area contributed by atoms with Gasteiger partial charge in [0.05, 0.1) is 5.92 Å². The van der Waals surface area contributed by atoms with Gasteiger partial charge in [-0.05, 0) is 43.9 Å². The number of ketones is 2. The molecule has 3 rings (SSSR count). The molecule has 3 fully saturated rings. The Bertz CT molecular complexity index is 322. The monoisotopic (exact) mass is 220 g/mol. The van der Waals surface area contributed by atoms with Gasteiger partial charge in [-0.3, -0.25) is 9.59 Å². The molecule has 0 aromatic carbocycles. The fourth-order valence-electron chi connectivity index (χ4n) is 3.70. The van der Waals surface area contributed by atoms with E-state index in [4.69, 9.17) is 0 Å². The molecule has 16 heavy (non-hydrogen) atoms. The molecule has 0 bridgehead atoms. The van der Waals surface area contributed by atoms with Gasteiger partial charge >= 0.3 is 0 Å². The third-order valence-electron chi connectivity index (χ3n) is 4.91. The summed E-state index contributed by atoms with van der Waals surface area (Å²) in [5.74, 6) is 0.579. The van der Waals surface area contributed by atoms with Crippen LogP contribution in [0.3, 0.4) is 0 Å². The highest BCUT2D eigenvalue weighted by molar-refractivity contribution is 6.04. The summed E-state index contributed by atoms with van der Waals surface area (Å²) in [7, 11) is 0. The zero-order valence-electron chi connectivity index (χ0n) is 9.84. The standard InChI is InChI=1S/C14H20O2/c15-12-5-8-14(6-1-2-7-14)9-11(12)13(16)10-3-4-10/h10-11H,1-9H2. The van der Waals surface area contributed by atoms with Crippen molar-refractivity contribution in [3.63, 3.8) is 0 Å². The second kappa shape index (κ2) is 3.68. The predicted molar refractivity (Wildman–Crippen MR) is 61.0 cm³/mol. The lowest BCUT2D eigenvalue weighted by Crippen LogP contribution is -2.37. The van der Waals surface area contributed by atoms with E-state index in [0.29, 0.717) is 11.8 Å². The quantitative estimate of drug-likeness (QED) is 0.670. The molecule has 3 aliphatic rings. The van der Waals surface area contributed by atoms with E-state index >= 15 is 0 Å². The first-order valence-electron chi connectivity index (χ1n) is 6.77. The molecule has 0 aromatic heterocycles. The number of carbonyl (C=O) groups is 2. The summed E-state index contributed by atoms with van der Waals surface area (Å²) in [6.45, 7) is 0. The molecule has 1 unspecified atom stereocenters. The highest BCUT2D eigenvalue weighted by Crippen LogP contribution is 2.51.